The Labute approximate surface area is 384 Å². The quantitative estimate of drug-likeness (QED) is 0.105. The predicted molar refractivity (Wildman–Crippen MR) is 233 cm³/mol. The molecule has 10 atom stereocenters. The van der Waals surface area contributed by atoms with Crippen LogP contribution in [-0.4, -0.2) is 71.4 Å². The van der Waals surface area contributed by atoms with E-state index in [0.717, 1.165) is 37.7 Å². The highest BCUT2D eigenvalue weighted by atomic mass is 31.2. The fourth-order valence-electron chi connectivity index (χ4n) is 14.7. The molecule has 1 aromatic rings. The van der Waals surface area contributed by atoms with E-state index in [1.54, 1.807) is 0 Å². The summed E-state index contributed by atoms with van der Waals surface area (Å²) in [6, 6.07) is 0.403. The lowest BCUT2D eigenvalue weighted by Crippen LogP contribution is -2.68. The summed E-state index contributed by atoms with van der Waals surface area (Å²) < 4.78 is 63.5. The van der Waals surface area contributed by atoms with Gasteiger partial charge in [-0.15, -0.1) is 0 Å². The molecule has 15 nitrogen and oxygen atoms in total. The van der Waals surface area contributed by atoms with Gasteiger partial charge < -0.3 is 30.3 Å². The molecule has 5 N–H and O–H groups in total. The van der Waals surface area contributed by atoms with Crippen LogP contribution in [0.25, 0.3) is 0 Å². The number of nitrogens with one attached hydrogen (secondary N) is 2. The summed E-state index contributed by atoms with van der Waals surface area (Å²) in [5.74, 6) is -3.83. The normalized spacial score (nSPS) is 36.0. The van der Waals surface area contributed by atoms with E-state index in [1.807, 2.05) is 27.7 Å². The van der Waals surface area contributed by atoms with Crippen molar-refractivity contribution in [1.82, 2.24) is 20.4 Å². The van der Waals surface area contributed by atoms with E-state index >= 15 is 0 Å². The maximum Gasteiger partial charge on any atom is 0.471 e. The van der Waals surface area contributed by atoms with Crippen LogP contribution in [0.5, 0.6) is 0 Å². The molecule has 0 bridgehead atoms. The summed E-state index contributed by atoms with van der Waals surface area (Å²) >= 11 is 0. The Bertz CT molecular complexity index is 2300. The SMILES string of the molecule is CC(C)C1=C2[C@H]3CC[C@@H]4[C@@]5(C)CC[C@H](OC(=O)[C@H]6C[C@@H](C(=O)O)C6(C)C)C(C)(C)[C@@H]5CC[C@@]4(C)[C@]3(C)CC[C@@]2(NC(=O)C(C)(C)NC(=O)c2cc(C(F)(F)F)nn2COP(=O)(O)O)CC1=O. The lowest BCUT2D eigenvalue weighted by atomic mass is 9.33. The van der Waals surface area contributed by atoms with Crippen molar-refractivity contribution in [3.05, 3.63) is 28.6 Å². The van der Waals surface area contributed by atoms with Gasteiger partial charge in [0.15, 0.2) is 18.2 Å². The van der Waals surface area contributed by atoms with Gasteiger partial charge in [-0.3, -0.25) is 28.5 Å². The number of alkyl halides is 3. The van der Waals surface area contributed by atoms with Gasteiger partial charge in [0.1, 0.15) is 17.3 Å². The van der Waals surface area contributed by atoms with E-state index in [1.165, 1.54) is 13.8 Å². The van der Waals surface area contributed by atoms with Crippen LogP contribution in [0.2, 0.25) is 0 Å². The Kier molecular flexibility index (Phi) is 12.2. The fourth-order valence-corrected chi connectivity index (χ4v) is 14.9. The van der Waals surface area contributed by atoms with Crippen LogP contribution >= 0.6 is 7.82 Å². The van der Waals surface area contributed by atoms with Gasteiger partial charge in [-0.25, -0.2) is 9.25 Å². The number of hydrogen-bond acceptors (Lipinski definition) is 9. The van der Waals surface area contributed by atoms with E-state index in [-0.39, 0.29) is 70.1 Å². The van der Waals surface area contributed by atoms with Crippen molar-refractivity contribution in [2.45, 2.75) is 170 Å². The van der Waals surface area contributed by atoms with Crippen molar-refractivity contribution >= 4 is 37.4 Å². The molecule has 0 saturated heterocycles. The van der Waals surface area contributed by atoms with Gasteiger partial charge in [-0.2, -0.15) is 18.3 Å². The molecule has 7 rings (SSSR count). The minimum Gasteiger partial charge on any atom is -0.481 e. The van der Waals surface area contributed by atoms with E-state index in [4.69, 9.17) is 4.74 Å². The van der Waals surface area contributed by atoms with Crippen molar-refractivity contribution in [3.63, 3.8) is 0 Å². The van der Waals surface area contributed by atoms with Crippen molar-refractivity contribution < 1.29 is 65.9 Å². The average molecular weight is 953 g/mol. The molecule has 2 amide bonds. The van der Waals surface area contributed by atoms with E-state index < -0.39 is 78.2 Å². The van der Waals surface area contributed by atoms with Gasteiger partial charge in [-0.05, 0) is 128 Å². The number of Topliss-reactive ketones (excluding diaryl/α,β-unsaturated/α-hetero) is 1. The second-order valence-corrected chi connectivity index (χ2v) is 24.5. The zero-order valence-electron chi connectivity index (χ0n) is 40.0. The van der Waals surface area contributed by atoms with E-state index in [0.29, 0.717) is 41.5 Å². The van der Waals surface area contributed by atoms with Crippen LogP contribution in [-0.2, 0) is 45.9 Å². The number of rotatable bonds is 11. The van der Waals surface area contributed by atoms with E-state index in [2.05, 4.69) is 54.9 Å². The molecule has 6 aliphatic rings. The summed E-state index contributed by atoms with van der Waals surface area (Å²) in [6.07, 6.45) is 1.15. The first-order chi connectivity index (χ1) is 30.1. The number of carbonyl (C=O) groups is 5. The van der Waals surface area contributed by atoms with E-state index in [9.17, 15) is 56.6 Å². The Hall–Kier alpha value is -3.60. The van der Waals surface area contributed by atoms with Crippen LogP contribution in [0.15, 0.2) is 17.2 Å². The molecule has 66 heavy (non-hydrogen) atoms. The Balaban J connectivity index is 1.13. The Morgan fingerprint density at radius 2 is 1.56 bits per heavy atom. The van der Waals surface area contributed by atoms with Gasteiger partial charge in [0.25, 0.3) is 5.91 Å². The van der Waals surface area contributed by atoms with Gasteiger partial charge in [0.05, 0.1) is 17.4 Å². The van der Waals surface area contributed by atoms with Crippen molar-refractivity contribution in [2.24, 2.45) is 62.6 Å². The molecule has 0 aromatic carbocycles. The summed E-state index contributed by atoms with van der Waals surface area (Å²) in [7, 11) is -5.18. The maximum absolute atomic E-state index is 14.5. The molecule has 1 aromatic heterocycles. The zero-order chi connectivity index (χ0) is 49.3. The summed E-state index contributed by atoms with van der Waals surface area (Å²) in [6.45, 7) is 20.8. The number of ketones is 1. The number of hydrogen-bond donors (Lipinski definition) is 5. The molecule has 6 aliphatic carbocycles. The lowest BCUT2D eigenvalue weighted by molar-refractivity contribution is -0.235. The molecule has 5 saturated carbocycles. The van der Waals surface area contributed by atoms with Crippen molar-refractivity contribution in [3.8, 4) is 0 Å². The van der Waals surface area contributed by atoms with Crippen LogP contribution in [0.1, 0.15) is 157 Å². The number of carboxylic acids is 1. The number of fused-ring (bicyclic) bond motifs is 7. The van der Waals surface area contributed by atoms with Gasteiger partial charge in [0.2, 0.25) is 5.91 Å². The van der Waals surface area contributed by atoms with Gasteiger partial charge in [0, 0.05) is 17.9 Å². The molecule has 0 unspecified atom stereocenters. The third-order valence-corrected chi connectivity index (χ3v) is 18.9. The lowest BCUT2D eigenvalue weighted by Gasteiger charge is -2.72. The minimum atomic E-state index is -5.18. The highest BCUT2D eigenvalue weighted by Crippen LogP contribution is 2.76. The third-order valence-electron chi connectivity index (χ3n) is 18.5. The van der Waals surface area contributed by atoms with Crippen molar-refractivity contribution in [1.29, 1.82) is 0 Å². The molecule has 0 aliphatic heterocycles. The first-order valence-corrected chi connectivity index (χ1v) is 24.8. The summed E-state index contributed by atoms with van der Waals surface area (Å²) in [5, 5.41) is 18.7. The number of amides is 2. The zero-order valence-corrected chi connectivity index (χ0v) is 40.9. The maximum atomic E-state index is 14.5. The minimum absolute atomic E-state index is 0.0306. The summed E-state index contributed by atoms with van der Waals surface area (Å²) in [4.78, 5) is 86.2. The highest BCUT2D eigenvalue weighted by molar-refractivity contribution is 7.46. The molecular formula is C47H68F3N4O11P. The smallest absolute Gasteiger partial charge is 0.471 e. The molecule has 5 fully saturated rings. The number of nitrogens with zero attached hydrogens (tertiary/aromatic N) is 2. The van der Waals surface area contributed by atoms with Crippen LogP contribution < -0.4 is 10.6 Å². The number of phosphoric acid groups is 1. The van der Waals surface area contributed by atoms with Crippen LogP contribution in [0.4, 0.5) is 13.2 Å². The number of phosphoric ester groups is 1. The van der Waals surface area contributed by atoms with Gasteiger partial charge in [-0.1, -0.05) is 62.3 Å². The monoisotopic (exact) mass is 952 g/mol. The summed E-state index contributed by atoms with van der Waals surface area (Å²) in [5.41, 5.74) is -5.04. The second kappa shape index (κ2) is 16.0. The van der Waals surface area contributed by atoms with Crippen LogP contribution in [0.3, 0.4) is 0 Å². The topological polar surface area (TPSA) is 223 Å². The fraction of sp³-hybridized carbons (Fsp3) is 0.787. The second-order valence-electron chi connectivity index (χ2n) is 23.3. The number of ether oxygens (including phenoxy) is 1. The molecule has 368 valence electrons. The number of carbonyl (C=O) groups excluding carboxylic acids is 4. The number of allylic oxidation sites excluding steroid dienone is 1. The number of carboxylic acid groups (broad SMARTS) is 1. The standard InChI is InChI=1S/C47H68F3N4O11P/c1-24(2)34-29(55)22-46(52-39(60)42(7,8)51-36(56)28-21-32(47(48,49)50)53-54(28)23-64-66(61,62)63)19-18-44(10)25(35(34)46)12-13-31-43(9)16-15-33(41(5,6)30(43)14-17-45(31,44)11)65-38(59)27-20-26(37(57)58)40(27,3)4/h21,24-27,30-31,33H,12-20,22-23H2,1-11H3,(H,51,56)(H,52,60)(H,57,58)(H2,61,62,63)/t25-,26+,27-,30+,31-,33+,43+,44-,45-,46-/m1/s1. The molecule has 1 heterocycles. The Morgan fingerprint density at radius 1 is 0.909 bits per heavy atom. The van der Waals surface area contributed by atoms with Crippen LogP contribution in [0, 0.1) is 62.6 Å². The first kappa shape index (κ1) is 50.3. The molecule has 0 radical (unpaired) electrons. The van der Waals surface area contributed by atoms with Crippen molar-refractivity contribution in [2.75, 3.05) is 0 Å². The third kappa shape index (κ3) is 7.89. The number of esters is 1. The highest BCUT2D eigenvalue weighted by Gasteiger charge is 2.71. The number of halogens is 3. The first-order valence-electron chi connectivity index (χ1n) is 23.3. The molecule has 0 spiro atoms. The number of aromatic nitrogens is 2. The predicted octanol–water partition coefficient (Wildman–Crippen LogP) is 7.99. The Morgan fingerprint density at radius 3 is 2.14 bits per heavy atom. The molecule has 19 heteroatoms. The largest absolute Gasteiger partial charge is 0.481 e. The number of aliphatic carboxylic acids is 1. The molecular weight excluding hydrogens is 885 g/mol. The average Bonchev–Trinajstić information content (AvgIpc) is 3.74. The van der Waals surface area contributed by atoms with Gasteiger partial charge >= 0.3 is 25.9 Å².